The van der Waals surface area contributed by atoms with E-state index < -0.39 is 21.6 Å². The molecule has 0 aliphatic carbocycles. The van der Waals surface area contributed by atoms with Crippen LogP contribution in [0, 0.1) is 5.92 Å². The van der Waals surface area contributed by atoms with Crippen molar-refractivity contribution in [3.05, 3.63) is 83.9 Å². The summed E-state index contributed by atoms with van der Waals surface area (Å²) in [7, 11) is -3.21. The van der Waals surface area contributed by atoms with Crippen LogP contribution in [0.15, 0.2) is 77.7 Å². The van der Waals surface area contributed by atoms with E-state index in [1.54, 1.807) is 36.4 Å². The van der Waals surface area contributed by atoms with Crippen LogP contribution in [0.2, 0.25) is 0 Å². The van der Waals surface area contributed by atoms with Gasteiger partial charge in [-0.1, -0.05) is 36.4 Å². The Kier molecular flexibility index (Phi) is 7.52. The second kappa shape index (κ2) is 10.4. The normalized spacial score (nSPS) is 15.8. The fourth-order valence-corrected chi connectivity index (χ4v) is 4.85. The van der Waals surface area contributed by atoms with Crippen LogP contribution in [0.25, 0.3) is 11.1 Å². The lowest BCUT2D eigenvalue weighted by atomic mass is 9.97. The predicted octanol–water partition coefficient (Wildman–Crippen LogP) is 6.07. The summed E-state index contributed by atoms with van der Waals surface area (Å²) in [5.41, 5.74) is 2.19. The molecule has 0 radical (unpaired) electrons. The van der Waals surface area contributed by atoms with Gasteiger partial charge in [-0.15, -0.1) is 0 Å². The summed E-state index contributed by atoms with van der Waals surface area (Å²) in [6.45, 7) is 3.05. The number of halogens is 3. The molecule has 0 N–H and O–H groups in total. The molecule has 3 aromatic rings. The first kappa shape index (κ1) is 25.3. The topological polar surface area (TPSA) is 46.6 Å². The highest BCUT2D eigenvalue weighted by Crippen LogP contribution is 2.30. The summed E-state index contributed by atoms with van der Waals surface area (Å²) in [5, 5.41) is 0. The molecule has 0 saturated carbocycles. The molecule has 4 nitrogen and oxygen atoms in total. The molecule has 4 rings (SSSR count). The van der Waals surface area contributed by atoms with Gasteiger partial charge in [-0.2, -0.15) is 13.2 Å². The van der Waals surface area contributed by atoms with Gasteiger partial charge in [0.05, 0.1) is 17.1 Å². The molecule has 186 valence electrons. The van der Waals surface area contributed by atoms with Crippen LogP contribution in [-0.4, -0.2) is 39.3 Å². The van der Waals surface area contributed by atoms with E-state index in [0.717, 1.165) is 60.5 Å². The Morgan fingerprint density at radius 1 is 0.857 bits per heavy atom. The standard InChI is InChI=1S/C27H28F3NO3S/c1-35(32,33)26-12-6-23(7-13-26)22-4-10-25(11-5-22)34-19-21-14-16-31(17-15-21)18-20-2-8-24(9-3-20)27(28,29)30/h2-13,21H,14-19H2,1H3. The van der Waals surface area contributed by atoms with Gasteiger partial charge in [0, 0.05) is 12.8 Å². The van der Waals surface area contributed by atoms with E-state index in [-0.39, 0.29) is 0 Å². The first-order valence-electron chi connectivity index (χ1n) is 11.5. The third-order valence-corrected chi connectivity index (χ3v) is 7.48. The summed E-state index contributed by atoms with van der Waals surface area (Å²) in [6.07, 6.45) is -1.16. The quantitative estimate of drug-likeness (QED) is 0.393. The van der Waals surface area contributed by atoms with Crippen molar-refractivity contribution in [2.24, 2.45) is 5.92 Å². The molecule has 0 atom stereocenters. The van der Waals surface area contributed by atoms with Gasteiger partial charge in [0.25, 0.3) is 0 Å². The highest BCUT2D eigenvalue weighted by atomic mass is 32.2. The minimum absolute atomic E-state index is 0.298. The molecule has 1 aliphatic heterocycles. The summed E-state index contributed by atoms with van der Waals surface area (Å²) >= 11 is 0. The summed E-state index contributed by atoms with van der Waals surface area (Å²) in [5.74, 6) is 1.22. The van der Waals surface area contributed by atoms with Gasteiger partial charge in [0.1, 0.15) is 5.75 Å². The smallest absolute Gasteiger partial charge is 0.416 e. The molecular formula is C27H28F3NO3S. The van der Waals surface area contributed by atoms with Crippen molar-refractivity contribution in [1.29, 1.82) is 0 Å². The minimum Gasteiger partial charge on any atom is -0.493 e. The van der Waals surface area contributed by atoms with E-state index in [4.69, 9.17) is 4.74 Å². The van der Waals surface area contributed by atoms with Crippen LogP contribution < -0.4 is 4.74 Å². The maximum Gasteiger partial charge on any atom is 0.416 e. The van der Waals surface area contributed by atoms with Crippen LogP contribution >= 0.6 is 0 Å². The number of hydrogen-bond acceptors (Lipinski definition) is 4. The highest BCUT2D eigenvalue weighted by Gasteiger charge is 2.30. The lowest BCUT2D eigenvalue weighted by molar-refractivity contribution is -0.137. The number of likely N-dealkylation sites (tertiary alicyclic amines) is 1. The number of alkyl halides is 3. The van der Waals surface area contributed by atoms with Gasteiger partial charge in [-0.25, -0.2) is 8.42 Å². The molecular weight excluding hydrogens is 475 g/mol. The van der Waals surface area contributed by atoms with Crippen LogP contribution in [0.5, 0.6) is 5.75 Å². The minimum atomic E-state index is -4.30. The van der Waals surface area contributed by atoms with Crippen LogP contribution in [0.3, 0.4) is 0 Å². The Bertz CT molecular complexity index is 1210. The molecule has 0 bridgehead atoms. The number of hydrogen-bond donors (Lipinski definition) is 0. The highest BCUT2D eigenvalue weighted by molar-refractivity contribution is 7.90. The Hall–Kier alpha value is -2.84. The number of piperidine rings is 1. The van der Waals surface area contributed by atoms with Crippen molar-refractivity contribution in [2.75, 3.05) is 26.0 Å². The Morgan fingerprint density at radius 2 is 1.40 bits per heavy atom. The Balaban J connectivity index is 1.23. The second-order valence-electron chi connectivity index (χ2n) is 9.05. The Morgan fingerprint density at radius 3 is 1.91 bits per heavy atom. The van der Waals surface area contributed by atoms with E-state index in [0.29, 0.717) is 24.0 Å². The van der Waals surface area contributed by atoms with Gasteiger partial charge < -0.3 is 4.74 Å². The van der Waals surface area contributed by atoms with E-state index in [2.05, 4.69) is 4.90 Å². The van der Waals surface area contributed by atoms with E-state index in [9.17, 15) is 21.6 Å². The number of rotatable bonds is 7. The van der Waals surface area contributed by atoms with Gasteiger partial charge >= 0.3 is 6.18 Å². The molecule has 1 heterocycles. The maximum absolute atomic E-state index is 12.7. The molecule has 1 fully saturated rings. The van der Waals surface area contributed by atoms with Crippen molar-refractivity contribution in [3.8, 4) is 16.9 Å². The van der Waals surface area contributed by atoms with Crippen molar-refractivity contribution in [3.63, 3.8) is 0 Å². The van der Waals surface area contributed by atoms with Gasteiger partial charge in [-0.05, 0) is 84.9 Å². The van der Waals surface area contributed by atoms with Crippen molar-refractivity contribution >= 4 is 9.84 Å². The lowest BCUT2D eigenvalue weighted by Crippen LogP contribution is -2.35. The number of ether oxygens (including phenoxy) is 1. The van der Waals surface area contributed by atoms with Crippen molar-refractivity contribution < 1.29 is 26.3 Å². The van der Waals surface area contributed by atoms with Gasteiger partial charge in [-0.3, -0.25) is 4.90 Å². The lowest BCUT2D eigenvalue weighted by Gasteiger charge is -2.31. The Labute approximate surface area is 204 Å². The summed E-state index contributed by atoms with van der Waals surface area (Å²) in [6, 6.07) is 20.0. The maximum atomic E-state index is 12.7. The van der Waals surface area contributed by atoms with Crippen molar-refractivity contribution in [2.45, 2.75) is 30.5 Å². The fourth-order valence-electron chi connectivity index (χ4n) is 4.22. The average Bonchev–Trinajstić information content (AvgIpc) is 2.83. The molecule has 3 aromatic carbocycles. The first-order chi connectivity index (χ1) is 16.6. The zero-order valence-corrected chi connectivity index (χ0v) is 20.3. The molecule has 8 heteroatoms. The molecule has 1 aliphatic rings. The monoisotopic (exact) mass is 503 g/mol. The largest absolute Gasteiger partial charge is 0.493 e. The molecule has 35 heavy (non-hydrogen) atoms. The van der Waals surface area contributed by atoms with Crippen LogP contribution in [0.4, 0.5) is 13.2 Å². The van der Waals surface area contributed by atoms with E-state index in [1.165, 1.54) is 6.26 Å². The van der Waals surface area contributed by atoms with Gasteiger partial charge in [0.2, 0.25) is 0 Å². The summed E-state index contributed by atoms with van der Waals surface area (Å²) in [4.78, 5) is 2.56. The number of nitrogens with zero attached hydrogens (tertiary/aromatic N) is 1. The predicted molar refractivity (Wildman–Crippen MR) is 130 cm³/mol. The van der Waals surface area contributed by atoms with Crippen LogP contribution in [-0.2, 0) is 22.6 Å². The molecule has 0 spiro atoms. The molecule has 0 amide bonds. The zero-order chi connectivity index (χ0) is 25.1. The van der Waals surface area contributed by atoms with E-state index in [1.807, 2.05) is 24.3 Å². The third kappa shape index (κ3) is 6.86. The van der Waals surface area contributed by atoms with E-state index >= 15 is 0 Å². The number of sulfone groups is 1. The fraction of sp³-hybridized carbons (Fsp3) is 0.333. The number of benzene rings is 3. The summed E-state index contributed by atoms with van der Waals surface area (Å²) < 4.78 is 67.4. The molecule has 0 unspecified atom stereocenters. The van der Waals surface area contributed by atoms with Gasteiger partial charge in [0.15, 0.2) is 9.84 Å². The SMILES string of the molecule is CS(=O)(=O)c1ccc(-c2ccc(OCC3CCN(Cc4ccc(C(F)(F)F)cc4)CC3)cc2)cc1. The average molecular weight is 504 g/mol. The third-order valence-electron chi connectivity index (χ3n) is 6.35. The second-order valence-corrected chi connectivity index (χ2v) is 11.1. The van der Waals surface area contributed by atoms with Crippen molar-refractivity contribution in [1.82, 2.24) is 4.90 Å². The zero-order valence-electron chi connectivity index (χ0n) is 19.5. The first-order valence-corrected chi connectivity index (χ1v) is 13.4. The van der Waals surface area contributed by atoms with Crippen LogP contribution in [0.1, 0.15) is 24.0 Å². The molecule has 1 saturated heterocycles. The molecule has 0 aromatic heterocycles.